The van der Waals surface area contributed by atoms with Gasteiger partial charge in [-0.2, -0.15) is 0 Å². The van der Waals surface area contributed by atoms with Gasteiger partial charge in [0, 0.05) is 28.4 Å². The van der Waals surface area contributed by atoms with E-state index >= 15 is 0 Å². The molecular weight excluding hydrogens is 320 g/mol. The van der Waals surface area contributed by atoms with Gasteiger partial charge >= 0.3 is 0 Å². The van der Waals surface area contributed by atoms with Crippen molar-refractivity contribution in [3.63, 3.8) is 0 Å². The second-order valence-electron chi connectivity index (χ2n) is 4.96. The van der Waals surface area contributed by atoms with Crippen LogP contribution in [0.1, 0.15) is 35.0 Å². The number of aromatic nitrogens is 1. The van der Waals surface area contributed by atoms with E-state index in [2.05, 4.69) is 71.3 Å². The maximum atomic E-state index is 4.67. The molecule has 0 aliphatic carbocycles. The van der Waals surface area contributed by atoms with Gasteiger partial charge in [0.15, 0.2) is 0 Å². The van der Waals surface area contributed by atoms with Gasteiger partial charge in [0.25, 0.3) is 0 Å². The first-order valence-corrected chi connectivity index (χ1v) is 8.08. The lowest BCUT2D eigenvalue weighted by Gasteiger charge is -2.05. The maximum absolute atomic E-state index is 4.67. The van der Waals surface area contributed by atoms with Gasteiger partial charge in [0.05, 0.1) is 10.7 Å². The van der Waals surface area contributed by atoms with Crippen molar-refractivity contribution < 1.29 is 0 Å². The fourth-order valence-corrected chi connectivity index (χ4v) is 3.12. The molecule has 2 aromatic rings. The zero-order valence-corrected chi connectivity index (χ0v) is 13.9. The van der Waals surface area contributed by atoms with E-state index in [4.69, 9.17) is 0 Å². The molecule has 1 aromatic carbocycles. The Morgan fingerprint density at radius 1 is 1.26 bits per heavy atom. The molecule has 1 aromatic heterocycles. The van der Waals surface area contributed by atoms with Gasteiger partial charge in [-0.05, 0) is 24.6 Å². The Morgan fingerprint density at radius 3 is 2.58 bits per heavy atom. The first kappa shape index (κ1) is 14.7. The van der Waals surface area contributed by atoms with E-state index in [9.17, 15) is 0 Å². The Bertz CT molecular complexity index is 532. The molecule has 2 nitrogen and oxygen atoms in total. The molecule has 1 N–H and O–H groups in total. The molecule has 0 radical (unpaired) electrons. The number of aryl methyl sites for hydroxylation is 1. The van der Waals surface area contributed by atoms with Gasteiger partial charge in [-0.25, -0.2) is 4.98 Å². The molecule has 0 aliphatic rings. The average molecular weight is 339 g/mol. The van der Waals surface area contributed by atoms with Gasteiger partial charge in [0.2, 0.25) is 0 Å². The molecule has 1 heterocycles. The van der Waals surface area contributed by atoms with Crippen molar-refractivity contribution in [2.24, 2.45) is 0 Å². The van der Waals surface area contributed by atoms with Crippen LogP contribution in [0.4, 0.5) is 0 Å². The summed E-state index contributed by atoms with van der Waals surface area (Å²) < 4.78 is 1.12. The summed E-state index contributed by atoms with van der Waals surface area (Å²) >= 11 is 5.27. The smallest absolute Gasteiger partial charge is 0.0975 e. The summed E-state index contributed by atoms with van der Waals surface area (Å²) in [7, 11) is 0. The molecule has 0 amide bonds. The van der Waals surface area contributed by atoms with Crippen LogP contribution in [0.25, 0.3) is 0 Å². The monoisotopic (exact) mass is 338 g/mol. The van der Waals surface area contributed by atoms with Crippen molar-refractivity contribution in [2.75, 3.05) is 0 Å². The number of hydrogen-bond donors (Lipinski definition) is 1. The van der Waals surface area contributed by atoms with E-state index in [-0.39, 0.29) is 0 Å². The van der Waals surface area contributed by atoms with Crippen molar-refractivity contribution in [3.05, 3.63) is 49.9 Å². The Morgan fingerprint density at radius 2 is 1.95 bits per heavy atom. The number of nitrogens with zero attached hydrogens (tertiary/aromatic N) is 1. The lowest BCUT2D eigenvalue weighted by molar-refractivity contribution is 0.591. The van der Waals surface area contributed by atoms with Gasteiger partial charge in [-0.15, -0.1) is 11.3 Å². The second-order valence-corrected chi connectivity index (χ2v) is 7.04. The number of rotatable bonds is 5. The molecule has 2 rings (SSSR count). The SMILES string of the molecule is Cc1nc(Cc2ccc(Br)cc2)sc1CNC(C)C. The van der Waals surface area contributed by atoms with Crippen LogP contribution in [0.3, 0.4) is 0 Å². The molecule has 0 atom stereocenters. The predicted molar refractivity (Wildman–Crippen MR) is 85.8 cm³/mol. The highest BCUT2D eigenvalue weighted by Gasteiger charge is 2.08. The number of hydrogen-bond acceptors (Lipinski definition) is 3. The standard InChI is InChI=1S/C15H19BrN2S/c1-10(2)17-9-14-11(3)18-15(19-14)8-12-4-6-13(16)7-5-12/h4-7,10,17H,8-9H2,1-3H3. The summed E-state index contributed by atoms with van der Waals surface area (Å²) in [6, 6.07) is 8.96. The molecule has 0 saturated heterocycles. The maximum Gasteiger partial charge on any atom is 0.0975 e. The van der Waals surface area contributed by atoms with Crippen molar-refractivity contribution >= 4 is 27.3 Å². The van der Waals surface area contributed by atoms with Crippen LogP contribution in [-0.4, -0.2) is 11.0 Å². The molecule has 0 aliphatic heterocycles. The summed E-state index contributed by atoms with van der Waals surface area (Å²) in [5.74, 6) is 0. The van der Waals surface area contributed by atoms with Crippen LogP contribution in [0.15, 0.2) is 28.7 Å². The van der Waals surface area contributed by atoms with Crippen molar-refractivity contribution in [3.8, 4) is 0 Å². The zero-order chi connectivity index (χ0) is 13.8. The number of benzene rings is 1. The fraction of sp³-hybridized carbons (Fsp3) is 0.400. The molecule has 0 saturated carbocycles. The minimum atomic E-state index is 0.511. The summed E-state index contributed by atoms with van der Waals surface area (Å²) in [5.41, 5.74) is 2.46. The highest BCUT2D eigenvalue weighted by atomic mass is 79.9. The van der Waals surface area contributed by atoms with Crippen molar-refractivity contribution in [2.45, 2.75) is 39.8 Å². The fourth-order valence-electron chi connectivity index (χ4n) is 1.80. The highest BCUT2D eigenvalue weighted by molar-refractivity contribution is 9.10. The van der Waals surface area contributed by atoms with Crippen LogP contribution in [0.5, 0.6) is 0 Å². The van der Waals surface area contributed by atoms with E-state index in [1.807, 2.05) is 11.3 Å². The van der Waals surface area contributed by atoms with E-state index in [0.717, 1.165) is 23.1 Å². The predicted octanol–water partition coefficient (Wildman–Crippen LogP) is 4.30. The molecule has 0 bridgehead atoms. The molecule has 0 spiro atoms. The van der Waals surface area contributed by atoms with Crippen LogP contribution in [0.2, 0.25) is 0 Å². The lowest BCUT2D eigenvalue weighted by Crippen LogP contribution is -2.21. The Labute approximate surface area is 127 Å². The summed E-state index contributed by atoms with van der Waals surface area (Å²) in [5, 5.41) is 4.65. The van der Waals surface area contributed by atoms with E-state index < -0.39 is 0 Å². The second kappa shape index (κ2) is 6.64. The minimum Gasteiger partial charge on any atom is -0.310 e. The number of halogens is 1. The van der Waals surface area contributed by atoms with Gasteiger partial charge in [-0.1, -0.05) is 41.9 Å². The van der Waals surface area contributed by atoms with Crippen LogP contribution in [0, 0.1) is 6.92 Å². The third kappa shape index (κ3) is 4.41. The van der Waals surface area contributed by atoms with Crippen molar-refractivity contribution in [1.82, 2.24) is 10.3 Å². The average Bonchev–Trinajstić information content (AvgIpc) is 2.70. The van der Waals surface area contributed by atoms with E-state index in [1.54, 1.807) is 0 Å². The van der Waals surface area contributed by atoms with Gasteiger partial charge in [0.1, 0.15) is 0 Å². The molecule has 0 unspecified atom stereocenters. The molecule has 102 valence electrons. The molecular formula is C15H19BrN2S. The third-order valence-electron chi connectivity index (χ3n) is 2.88. The van der Waals surface area contributed by atoms with Crippen LogP contribution >= 0.6 is 27.3 Å². The lowest BCUT2D eigenvalue weighted by atomic mass is 10.2. The normalized spacial score (nSPS) is 11.2. The zero-order valence-electron chi connectivity index (χ0n) is 11.5. The van der Waals surface area contributed by atoms with Crippen LogP contribution < -0.4 is 5.32 Å². The molecule has 0 fully saturated rings. The summed E-state index contributed by atoms with van der Waals surface area (Å²) in [6.07, 6.45) is 0.917. The van der Waals surface area contributed by atoms with E-state index in [0.29, 0.717) is 6.04 Å². The Balaban J connectivity index is 2.05. The van der Waals surface area contributed by atoms with Crippen molar-refractivity contribution in [1.29, 1.82) is 0 Å². The highest BCUT2D eigenvalue weighted by Crippen LogP contribution is 2.21. The van der Waals surface area contributed by atoms with Gasteiger partial charge in [-0.3, -0.25) is 0 Å². The molecule has 19 heavy (non-hydrogen) atoms. The number of nitrogens with one attached hydrogen (secondary N) is 1. The largest absolute Gasteiger partial charge is 0.310 e. The number of thiazole rings is 1. The minimum absolute atomic E-state index is 0.511. The topological polar surface area (TPSA) is 24.9 Å². The Hall–Kier alpha value is -0.710. The molecule has 4 heteroatoms. The summed E-state index contributed by atoms with van der Waals surface area (Å²) in [4.78, 5) is 6.02. The Kier molecular flexibility index (Phi) is 5.13. The third-order valence-corrected chi connectivity index (χ3v) is 4.56. The first-order chi connectivity index (χ1) is 9.04. The van der Waals surface area contributed by atoms with Gasteiger partial charge < -0.3 is 5.32 Å². The summed E-state index contributed by atoms with van der Waals surface area (Å²) in [6.45, 7) is 7.35. The first-order valence-electron chi connectivity index (χ1n) is 6.47. The van der Waals surface area contributed by atoms with Crippen LogP contribution in [-0.2, 0) is 13.0 Å². The quantitative estimate of drug-likeness (QED) is 0.878. The van der Waals surface area contributed by atoms with E-state index in [1.165, 1.54) is 15.4 Å².